The van der Waals surface area contributed by atoms with Crippen molar-refractivity contribution in [1.29, 1.82) is 0 Å². The van der Waals surface area contributed by atoms with Crippen molar-refractivity contribution in [3.63, 3.8) is 0 Å². The number of hydrogen-bond acceptors (Lipinski definition) is 8. The van der Waals surface area contributed by atoms with Gasteiger partial charge in [0.05, 0.1) is 17.8 Å². The molecule has 0 saturated heterocycles. The van der Waals surface area contributed by atoms with Gasteiger partial charge >= 0.3 is 25.8 Å². The van der Waals surface area contributed by atoms with Gasteiger partial charge in [-0.05, 0) is 67.9 Å². The van der Waals surface area contributed by atoms with Crippen LogP contribution in [0.4, 0.5) is 21.9 Å². The third kappa shape index (κ3) is 13.1. The quantitative estimate of drug-likeness (QED) is 0.0951. The molecule has 0 aliphatic heterocycles. The maximum atomic E-state index is 13.1. The van der Waals surface area contributed by atoms with Gasteiger partial charge in [0.15, 0.2) is 6.10 Å². The third-order valence-electron chi connectivity index (χ3n) is 6.52. The molecular weight excluding hydrogens is 589 g/mol. The van der Waals surface area contributed by atoms with Gasteiger partial charge in [0.25, 0.3) is 0 Å². The Morgan fingerprint density at radius 3 is 2.07 bits per heavy atom. The molecule has 2 rings (SSSR count). The van der Waals surface area contributed by atoms with Crippen LogP contribution >= 0.6 is 7.82 Å². The van der Waals surface area contributed by atoms with E-state index in [1.54, 1.807) is 0 Å². The highest BCUT2D eigenvalue weighted by molar-refractivity contribution is 7.46. The fourth-order valence-corrected chi connectivity index (χ4v) is 5.03. The van der Waals surface area contributed by atoms with E-state index in [1.165, 1.54) is 0 Å². The van der Waals surface area contributed by atoms with Gasteiger partial charge in [0.2, 0.25) is 6.79 Å². The number of hydrogen-bond donors (Lipinski definition) is 4. The van der Waals surface area contributed by atoms with E-state index in [0.717, 1.165) is 36.8 Å². The molecule has 4 N–H and O–H groups in total. The first kappa shape index (κ1) is 36.8. The molecule has 13 heteroatoms. The normalized spacial score (nSPS) is 12.9. The fraction of sp³-hybridized carbons (Fsp3) is 0.516. The standard InChI is InChI=1S/C31H46N3O9P/c1-8-24(16-29(35)41-19-42-30(36)23(7)43-44(38,39)40)25-11-14-28(34(17-20(2)3)18-21(4)5)27(15-25)33-31(37)32-26-12-9-22(6)10-13-26/h9-15,20-21,23-24H,8,16-19H2,1-7H3,(H2,32,33,37)(H2,38,39,40)/t23-,24-/m0/s1. The van der Waals surface area contributed by atoms with Crippen molar-refractivity contribution in [2.75, 3.05) is 35.4 Å². The van der Waals surface area contributed by atoms with Crippen LogP contribution in [0.3, 0.4) is 0 Å². The maximum absolute atomic E-state index is 13.1. The van der Waals surface area contributed by atoms with Crippen LogP contribution in [-0.4, -0.2) is 53.7 Å². The summed E-state index contributed by atoms with van der Waals surface area (Å²) in [5.74, 6) is -1.24. The van der Waals surface area contributed by atoms with Crippen LogP contribution in [0.15, 0.2) is 42.5 Å². The zero-order chi connectivity index (χ0) is 33.0. The number of nitrogens with one attached hydrogen (secondary N) is 2. The molecule has 2 atom stereocenters. The minimum Gasteiger partial charge on any atom is -0.428 e. The molecule has 0 unspecified atom stereocenters. The number of ether oxygens (including phenoxy) is 2. The van der Waals surface area contributed by atoms with E-state index in [-0.39, 0.29) is 12.3 Å². The topological polar surface area (TPSA) is 164 Å². The molecule has 0 saturated carbocycles. The van der Waals surface area contributed by atoms with E-state index in [4.69, 9.17) is 19.3 Å². The summed E-state index contributed by atoms with van der Waals surface area (Å²) >= 11 is 0. The van der Waals surface area contributed by atoms with E-state index in [2.05, 4.69) is 47.8 Å². The van der Waals surface area contributed by atoms with E-state index in [1.807, 2.05) is 56.3 Å². The Balaban J connectivity index is 2.23. The summed E-state index contributed by atoms with van der Waals surface area (Å²) in [6, 6.07) is 12.9. The van der Waals surface area contributed by atoms with Crippen LogP contribution in [0.1, 0.15) is 71.4 Å². The van der Waals surface area contributed by atoms with Crippen molar-refractivity contribution >= 4 is 42.9 Å². The molecule has 0 fully saturated rings. The lowest BCUT2D eigenvalue weighted by atomic mass is 9.92. The summed E-state index contributed by atoms with van der Waals surface area (Å²) in [6.45, 7) is 14.4. The molecule has 12 nitrogen and oxygen atoms in total. The smallest absolute Gasteiger partial charge is 0.428 e. The van der Waals surface area contributed by atoms with Crippen LogP contribution in [0.2, 0.25) is 0 Å². The summed E-state index contributed by atoms with van der Waals surface area (Å²) < 4.78 is 25.0. The van der Waals surface area contributed by atoms with Crippen molar-refractivity contribution in [3.8, 4) is 0 Å². The second kappa shape index (κ2) is 17.2. The highest BCUT2D eigenvalue weighted by Gasteiger charge is 2.26. The average molecular weight is 636 g/mol. The lowest BCUT2D eigenvalue weighted by Gasteiger charge is -2.31. The number of aryl methyl sites for hydroxylation is 1. The summed E-state index contributed by atoms with van der Waals surface area (Å²) in [7, 11) is -4.88. The first-order valence-corrected chi connectivity index (χ1v) is 16.2. The predicted octanol–water partition coefficient (Wildman–Crippen LogP) is 6.18. The summed E-state index contributed by atoms with van der Waals surface area (Å²) in [5, 5.41) is 5.89. The number of urea groups is 1. The summed E-state index contributed by atoms with van der Waals surface area (Å²) in [6.07, 6.45) is -0.993. The Hall–Kier alpha value is -3.44. The minimum atomic E-state index is -4.88. The van der Waals surface area contributed by atoms with Crippen LogP contribution in [0.25, 0.3) is 0 Å². The number of carbonyl (C=O) groups is 3. The van der Waals surface area contributed by atoms with Crippen molar-refractivity contribution in [3.05, 3.63) is 53.6 Å². The van der Waals surface area contributed by atoms with Gasteiger partial charge in [-0.25, -0.2) is 14.2 Å². The van der Waals surface area contributed by atoms with Gasteiger partial charge < -0.3 is 34.8 Å². The molecule has 44 heavy (non-hydrogen) atoms. The number of rotatable bonds is 16. The molecule has 0 aromatic heterocycles. The van der Waals surface area contributed by atoms with Crippen molar-refractivity contribution < 1.29 is 42.7 Å². The predicted molar refractivity (Wildman–Crippen MR) is 169 cm³/mol. The fourth-order valence-electron chi connectivity index (χ4n) is 4.54. The molecule has 0 spiro atoms. The second-order valence-electron chi connectivity index (χ2n) is 11.6. The largest absolute Gasteiger partial charge is 0.470 e. The van der Waals surface area contributed by atoms with Gasteiger partial charge in [0.1, 0.15) is 0 Å². The third-order valence-corrected chi connectivity index (χ3v) is 7.11. The Kier molecular flexibility index (Phi) is 14.3. The molecule has 2 aromatic carbocycles. The Bertz CT molecular complexity index is 1280. The van der Waals surface area contributed by atoms with E-state index >= 15 is 0 Å². The van der Waals surface area contributed by atoms with Gasteiger partial charge in [0, 0.05) is 18.8 Å². The number of carbonyl (C=O) groups excluding carboxylic acids is 3. The number of anilines is 3. The second-order valence-corrected chi connectivity index (χ2v) is 12.8. The molecular formula is C31H46N3O9P. The van der Waals surface area contributed by atoms with Crippen molar-refractivity contribution in [2.24, 2.45) is 11.8 Å². The van der Waals surface area contributed by atoms with E-state index in [9.17, 15) is 18.9 Å². The zero-order valence-electron chi connectivity index (χ0n) is 26.5. The molecule has 0 aliphatic carbocycles. The first-order chi connectivity index (χ1) is 20.6. The Labute approximate surface area is 259 Å². The minimum absolute atomic E-state index is 0.0291. The van der Waals surface area contributed by atoms with Gasteiger partial charge in [-0.3, -0.25) is 9.32 Å². The highest BCUT2D eigenvalue weighted by Crippen LogP contribution is 2.37. The highest BCUT2D eigenvalue weighted by atomic mass is 31.2. The van der Waals surface area contributed by atoms with Crippen LogP contribution in [0, 0.1) is 18.8 Å². The number of nitrogens with zero attached hydrogens (tertiary/aromatic N) is 1. The molecule has 0 aliphatic rings. The van der Waals surface area contributed by atoms with Crippen molar-refractivity contribution in [2.45, 2.75) is 73.3 Å². The number of benzene rings is 2. The van der Waals surface area contributed by atoms with Gasteiger partial charge in [-0.2, -0.15) is 0 Å². The summed E-state index contributed by atoms with van der Waals surface area (Å²) in [5.41, 5.74) is 4.02. The summed E-state index contributed by atoms with van der Waals surface area (Å²) in [4.78, 5) is 57.5. The SMILES string of the molecule is CC[C@@H](CC(=O)OCOC(=O)[C@H](C)OP(=O)(O)O)c1ccc(N(CC(C)C)CC(C)C)c(NC(=O)Nc2ccc(C)cc2)c1. The molecule has 0 bridgehead atoms. The van der Waals surface area contributed by atoms with Crippen LogP contribution in [-0.2, 0) is 28.2 Å². The van der Waals surface area contributed by atoms with E-state index in [0.29, 0.717) is 29.6 Å². The van der Waals surface area contributed by atoms with E-state index < -0.39 is 38.7 Å². The number of esters is 2. The monoisotopic (exact) mass is 635 g/mol. The Morgan fingerprint density at radius 1 is 0.909 bits per heavy atom. The molecule has 2 aromatic rings. The van der Waals surface area contributed by atoms with Gasteiger partial charge in [-0.15, -0.1) is 0 Å². The van der Waals surface area contributed by atoms with Crippen LogP contribution in [0.5, 0.6) is 0 Å². The lowest BCUT2D eigenvalue weighted by molar-refractivity contribution is -0.172. The molecule has 0 heterocycles. The lowest BCUT2D eigenvalue weighted by Crippen LogP contribution is -2.32. The average Bonchev–Trinajstić information content (AvgIpc) is 2.91. The van der Waals surface area contributed by atoms with Crippen molar-refractivity contribution in [1.82, 2.24) is 0 Å². The molecule has 244 valence electrons. The van der Waals surface area contributed by atoms with Gasteiger partial charge in [-0.1, -0.05) is 58.4 Å². The number of phosphoric acid groups is 1. The van der Waals surface area contributed by atoms with Crippen LogP contribution < -0.4 is 15.5 Å². The maximum Gasteiger partial charge on any atom is 0.470 e. The number of phosphoric ester groups is 1. The molecule has 0 radical (unpaired) electrons. The zero-order valence-corrected chi connectivity index (χ0v) is 27.4. The molecule has 2 amide bonds. The Morgan fingerprint density at radius 2 is 1.52 bits per heavy atom. The number of amides is 2. The first-order valence-electron chi connectivity index (χ1n) is 14.7.